The summed E-state index contributed by atoms with van der Waals surface area (Å²) in [6.45, 7) is 0.375. The van der Waals surface area contributed by atoms with Gasteiger partial charge in [-0.25, -0.2) is 0 Å². The van der Waals surface area contributed by atoms with Crippen LogP contribution in [0.15, 0.2) is 23.1 Å². The van der Waals surface area contributed by atoms with Crippen molar-refractivity contribution in [3.8, 4) is 12.3 Å². The first-order chi connectivity index (χ1) is 8.82. The predicted octanol–water partition coefficient (Wildman–Crippen LogP) is 0.502. The number of carbonyl (C=O) groups is 1. The molecule has 0 spiro atoms. The number of anilines is 2. The minimum atomic E-state index is -4.36. The summed E-state index contributed by atoms with van der Waals surface area (Å²) in [7, 11) is -4.36. The van der Waals surface area contributed by atoms with Gasteiger partial charge < -0.3 is 10.6 Å². The lowest BCUT2D eigenvalue weighted by molar-refractivity contribution is -0.117. The molecule has 1 aromatic rings. The molecule has 3 N–H and O–H groups in total. The largest absolute Gasteiger partial charge is 0.398 e. The van der Waals surface area contributed by atoms with Crippen molar-refractivity contribution in [2.24, 2.45) is 5.92 Å². The molecule has 1 fully saturated rings. The predicted molar refractivity (Wildman–Crippen MR) is 70.0 cm³/mol. The highest BCUT2D eigenvalue weighted by Gasteiger charge is 2.30. The van der Waals surface area contributed by atoms with Crippen molar-refractivity contribution < 1.29 is 17.8 Å². The van der Waals surface area contributed by atoms with E-state index in [0.717, 1.165) is 6.07 Å². The molecule has 0 saturated carbocycles. The Morgan fingerprint density at radius 1 is 1.47 bits per heavy atom. The van der Waals surface area contributed by atoms with Crippen molar-refractivity contribution in [3.05, 3.63) is 18.2 Å². The maximum absolute atomic E-state index is 11.8. The minimum absolute atomic E-state index is 0.114. The molecule has 7 heteroatoms. The highest BCUT2D eigenvalue weighted by Crippen LogP contribution is 2.29. The van der Waals surface area contributed by atoms with Gasteiger partial charge in [0.15, 0.2) is 0 Å². The molecular weight excluding hydrogens is 268 g/mol. The summed E-state index contributed by atoms with van der Waals surface area (Å²) in [6, 6.07) is 3.91. The number of nitrogens with zero attached hydrogens (tertiary/aromatic N) is 1. The topological polar surface area (TPSA) is 101 Å². The van der Waals surface area contributed by atoms with Crippen LogP contribution in [0.4, 0.5) is 11.4 Å². The van der Waals surface area contributed by atoms with Crippen LogP contribution < -0.4 is 10.6 Å². The van der Waals surface area contributed by atoms with Crippen LogP contribution in [0, 0.1) is 18.3 Å². The quantitative estimate of drug-likeness (QED) is 0.467. The molecule has 0 bridgehead atoms. The van der Waals surface area contributed by atoms with E-state index in [4.69, 9.17) is 16.7 Å². The highest BCUT2D eigenvalue weighted by atomic mass is 32.2. The second-order valence-corrected chi connectivity index (χ2v) is 5.66. The van der Waals surface area contributed by atoms with Crippen LogP contribution in [-0.4, -0.2) is 25.4 Å². The number of hydrogen-bond donors (Lipinski definition) is 2. The van der Waals surface area contributed by atoms with Crippen LogP contribution in [0.1, 0.15) is 6.42 Å². The molecule has 1 saturated heterocycles. The van der Waals surface area contributed by atoms with Gasteiger partial charge >= 0.3 is 0 Å². The standard InChI is InChI=1S/C12H12N2O4S/c1-2-8-5-12(15)14(7-8)9-3-4-11(10(13)6-9)19(16,17)18/h1,3-4,6,8H,5,7,13H2,(H,16,17,18). The Labute approximate surface area is 111 Å². The van der Waals surface area contributed by atoms with E-state index in [9.17, 15) is 13.2 Å². The summed E-state index contributed by atoms with van der Waals surface area (Å²) in [4.78, 5) is 12.8. The van der Waals surface area contributed by atoms with E-state index >= 15 is 0 Å². The fraction of sp³-hybridized carbons (Fsp3) is 0.250. The van der Waals surface area contributed by atoms with Crippen LogP contribution in [0.3, 0.4) is 0 Å². The number of benzene rings is 1. The lowest BCUT2D eigenvalue weighted by Crippen LogP contribution is -2.24. The van der Waals surface area contributed by atoms with Gasteiger partial charge in [-0.3, -0.25) is 9.35 Å². The summed E-state index contributed by atoms with van der Waals surface area (Å²) < 4.78 is 31.0. The molecule has 1 aliphatic rings. The molecule has 19 heavy (non-hydrogen) atoms. The van der Waals surface area contributed by atoms with Crippen molar-refractivity contribution in [3.63, 3.8) is 0 Å². The van der Waals surface area contributed by atoms with E-state index in [0.29, 0.717) is 12.2 Å². The van der Waals surface area contributed by atoms with E-state index in [2.05, 4.69) is 5.92 Å². The van der Waals surface area contributed by atoms with Gasteiger partial charge in [-0.15, -0.1) is 12.3 Å². The molecule has 100 valence electrons. The first kappa shape index (κ1) is 13.4. The van der Waals surface area contributed by atoms with Gasteiger partial charge in [0.2, 0.25) is 5.91 Å². The second-order valence-electron chi connectivity index (χ2n) is 4.27. The van der Waals surface area contributed by atoms with E-state index in [1.54, 1.807) is 0 Å². The average molecular weight is 280 g/mol. The van der Waals surface area contributed by atoms with Crippen LogP contribution >= 0.6 is 0 Å². The normalized spacial score (nSPS) is 19.5. The monoisotopic (exact) mass is 280 g/mol. The Bertz CT molecular complexity index is 675. The van der Waals surface area contributed by atoms with Crippen LogP contribution in [0.5, 0.6) is 0 Å². The Hall–Kier alpha value is -2.04. The number of terminal acetylenes is 1. The number of rotatable bonds is 2. The number of carbonyl (C=O) groups excluding carboxylic acids is 1. The smallest absolute Gasteiger partial charge is 0.296 e. The molecule has 1 atom stereocenters. The number of hydrogen-bond acceptors (Lipinski definition) is 4. The van der Waals surface area contributed by atoms with E-state index in [-0.39, 0.29) is 28.8 Å². The van der Waals surface area contributed by atoms with Gasteiger partial charge in [0.1, 0.15) is 4.90 Å². The molecular formula is C12H12N2O4S. The van der Waals surface area contributed by atoms with Crippen molar-refractivity contribution in [2.45, 2.75) is 11.3 Å². The lowest BCUT2D eigenvalue weighted by Gasteiger charge is -2.17. The Morgan fingerprint density at radius 2 is 2.16 bits per heavy atom. The summed E-state index contributed by atoms with van der Waals surface area (Å²) >= 11 is 0. The third-order valence-electron chi connectivity index (χ3n) is 2.94. The second kappa shape index (κ2) is 4.57. The third kappa shape index (κ3) is 2.54. The van der Waals surface area contributed by atoms with E-state index in [1.807, 2.05) is 0 Å². The Balaban J connectivity index is 2.37. The Kier molecular flexibility index (Phi) is 3.22. The number of amides is 1. The van der Waals surface area contributed by atoms with Gasteiger partial charge in [-0.05, 0) is 18.2 Å². The van der Waals surface area contributed by atoms with Crippen molar-refractivity contribution in [1.82, 2.24) is 0 Å². The molecule has 1 aromatic carbocycles. The van der Waals surface area contributed by atoms with Gasteiger partial charge in [0, 0.05) is 24.6 Å². The maximum atomic E-state index is 11.8. The fourth-order valence-corrected chi connectivity index (χ4v) is 2.60. The molecule has 1 aliphatic heterocycles. The fourth-order valence-electron chi connectivity index (χ4n) is 2.01. The zero-order valence-electron chi connectivity index (χ0n) is 9.91. The molecule has 2 rings (SSSR count). The van der Waals surface area contributed by atoms with E-state index in [1.165, 1.54) is 17.0 Å². The molecule has 6 nitrogen and oxygen atoms in total. The zero-order chi connectivity index (χ0) is 14.2. The highest BCUT2D eigenvalue weighted by molar-refractivity contribution is 7.86. The molecule has 0 aromatic heterocycles. The molecule has 1 unspecified atom stereocenters. The average Bonchev–Trinajstić information content (AvgIpc) is 2.68. The number of nitrogen functional groups attached to an aromatic ring is 1. The lowest BCUT2D eigenvalue weighted by atomic mass is 10.1. The third-order valence-corrected chi connectivity index (χ3v) is 3.87. The van der Waals surface area contributed by atoms with Crippen LogP contribution in [-0.2, 0) is 14.9 Å². The zero-order valence-corrected chi connectivity index (χ0v) is 10.7. The van der Waals surface area contributed by atoms with Gasteiger partial charge in [0.25, 0.3) is 10.1 Å². The van der Waals surface area contributed by atoms with Crippen LogP contribution in [0.2, 0.25) is 0 Å². The minimum Gasteiger partial charge on any atom is -0.398 e. The summed E-state index contributed by atoms with van der Waals surface area (Å²) in [5.41, 5.74) is 5.92. The summed E-state index contributed by atoms with van der Waals surface area (Å²) in [6.07, 6.45) is 5.54. The molecule has 0 radical (unpaired) electrons. The molecule has 1 amide bonds. The van der Waals surface area contributed by atoms with Gasteiger partial charge in [-0.2, -0.15) is 8.42 Å². The Morgan fingerprint density at radius 3 is 2.63 bits per heavy atom. The van der Waals surface area contributed by atoms with Gasteiger partial charge in [-0.1, -0.05) is 0 Å². The van der Waals surface area contributed by atoms with Crippen molar-refractivity contribution >= 4 is 27.4 Å². The van der Waals surface area contributed by atoms with Crippen molar-refractivity contribution in [1.29, 1.82) is 0 Å². The first-order valence-electron chi connectivity index (χ1n) is 5.46. The summed E-state index contributed by atoms with van der Waals surface area (Å²) in [5, 5.41) is 0. The van der Waals surface area contributed by atoms with Crippen molar-refractivity contribution in [2.75, 3.05) is 17.2 Å². The molecule has 0 aliphatic carbocycles. The molecule has 1 heterocycles. The van der Waals surface area contributed by atoms with E-state index < -0.39 is 10.1 Å². The summed E-state index contributed by atoms with van der Waals surface area (Å²) in [5.74, 6) is 2.22. The first-order valence-corrected chi connectivity index (χ1v) is 6.90. The van der Waals surface area contributed by atoms with Gasteiger partial charge in [0.05, 0.1) is 5.69 Å². The number of nitrogens with two attached hydrogens (primary N) is 1. The van der Waals surface area contributed by atoms with Crippen LogP contribution in [0.25, 0.3) is 0 Å². The maximum Gasteiger partial charge on any atom is 0.296 e. The SMILES string of the molecule is C#CC1CC(=O)N(c2ccc(S(=O)(=O)O)c(N)c2)C1.